The minimum absolute atomic E-state index is 0.128. The maximum absolute atomic E-state index is 15.9. The van der Waals surface area contributed by atoms with Gasteiger partial charge in [-0.3, -0.25) is 9.71 Å². The lowest BCUT2D eigenvalue weighted by molar-refractivity contribution is 0.180. The minimum Gasteiger partial charge on any atom is -0.388 e. The highest BCUT2D eigenvalue weighted by atomic mass is 35.5. The van der Waals surface area contributed by atoms with Gasteiger partial charge in [0.1, 0.15) is 5.82 Å². The van der Waals surface area contributed by atoms with Crippen molar-refractivity contribution in [1.29, 1.82) is 0 Å². The third-order valence-electron chi connectivity index (χ3n) is 8.58. The smallest absolute Gasteiger partial charge is 0.262 e. The van der Waals surface area contributed by atoms with Crippen LogP contribution in [-0.4, -0.2) is 47.6 Å². The second kappa shape index (κ2) is 12.1. The van der Waals surface area contributed by atoms with Gasteiger partial charge in [-0.15, -0.1) is 0 Å². The summed E-state index contributed by atoms with van der Waals surface area (Å²) >= 11 is 6.15. The largest absolute Gasteiger partial charge is 0.388 e. The Morgan fingerprint density at radius 2 is 1.76 bits per heavy atom. The Kier molecular flexibility index (Phi) is 7.95. The van der Waals surface area contributed by atoms with Crippen LogP contribution in [0.3, 0.4) is 0 Å². The molecule has 5 aromatic rings. The van der Waals surface area contributed by atoms with Gasteiger partial charge >= 0.3 is 0 Å². The van der Waals surface area contributed by atoms with Crippen LogP contribution in [0.1, 0.15) is 36.5 Å². The summed E-state index contributed by atoms with van der Waals surface area (Å²) in [5, 5.41) is 14.3. The third-order valence-corrected chi connectivity index (χ3v) is 10.2. The molecule has 2 aromatic heterocycles. The Morgan fingerprint density at radius 1 is 0.978 bits per heavy atom. The molecule has 3 heterocycles. The normalized spacial score (nSPS) is 16.9. The second-order valence-electron chi connectivity index (χ2n) is 11.5. The first-order valence-electron chi connectivity index (χ1n) is 14.9. The maximum atomic E-state index is 15.9. The molecule has 0 saturated carbocycles. The molecule has 236 valence electrons. The molecule has 13 heteroatoms. The summed E-state index contributed by atoms with van der Waals surface area (Å²) in [4.78, 5) is 15.3. The van der Waals surface area contributed by atoms with Crippen molar-refractivity contribution in [2.24, 2.45) is 0 Å². The van der Waals surface area contributed by atoms with E-state index < -0.39 is 39.0 Å². The summed E-state index contributed by atoms with van der Waals surface area (Å²) in [5.41, 5.74) is 1.97. The molecule has 1 saturated heterocycles. The number of pyridine rings is 1. The van der Waals surface area contributed by atoms with Gasteiger partial charge in [0.05, 0.1) is 27.8 Å². The molecule has 0 spiro atoms. The molecular formula is C33H29ClF2N6O3S. The van der Waals surface area contributed by atoms with Crippen molar-refractivity contribution in [2.45, 2.75) is 42.7 Å². The van der Waals surface area contributed by atoms with E-state index in [1.807, 2.05) is 12.1 Å². The van der Waals surface area contributed by atoms with E-state index in [4.69, 9.17) is 11.6 Å². The minimum atomic E-state index is -4.33. The standard InChI is InChI=1S/C33H29ClF2N6O3S/c34-21-16-25-24(2-6-29(25)43)30(17-21)46(44,45)41-28-5-3-26(35)31(32(28)36)19-1-4-27-20(15-19)18-38-33(40-27)39-22-9-13-42(14-10-22)23-7-11-37-12-8-23/h1,3-5,7-8,11-12,15-18,22,29,41,43H,2,6,9-10,13-14H2,(H,38,39,40)/t29-/m1/s1. The van der Waals surface area contributed by atoms with Gasteiger partial charge in [0.15, 0.2) is 5.82 Å². The molecule has 0 bridgehead atoms. The number of hydrogen-bond acceptors (Lipinski definition) is 8. The van der Waals surface area contributed by atoms with Gasteiger partial charge in [0, 0.05) is 53.8 Å². The number of nitrogens with one attached hydrogen (secondary N) is 2. The van der Waals surface area contributed by atoms with Crippen LogP contribution < -0.4 is 14.9 Å². The fourth-order valence-electron chi connectivity index (χ4n) is 6.25. The second-order valence-corrected chi connectivity index (χ2v) is 13.6. The molecule has 7 rings (SSSR count). The molecular weight excluding hydrogens is 634 g/mol. The molecule has 46 heavy (non-hydrogen) atoms. The van der Waals surface area contributed by atoms with E-state index in [0.29, 0.717) is 40.8 Å². The first-order valence-corrected chi connectivity index (χ1v) is 16.7. The number of hydrogen-bond donors (Lipinski definition) is 3. The average Bonchev–Trinajstić information content (AvgIpc) is 3.42. The van der Waals surface area contributed by atoms with Gasteiger partial charge in [-0.05, 0) is 90.9 Å². The lowest BCUT2D eigenvalue weighted by Crippen LogP contribution is -2.39. The van der Waals surface area contributed by atoms with Gasteiger partial charge in [-0.25, -0.2) is 27.2 Å². The number of halogens is 3. The summed E-state index contributed by atoms with van der Waals surface area (Å²) in [6.07, 6.45) is 6.82. The molecule has 1 aliphatic carbocycles. The monoisotopic (exact) mass is 662 g/mol. The molecule has 0 unspecified atom stereocenters. The van der Waals surface area contributed by atoms with Crippen molar-refractivity contribution in [2.75, 3.05) is 28.0 Å². The topological polar surface area (TPSA) is 120 Å². The van der Waals surface area contributed by atoms with Gasteiger partial charge in [0.25, 0.3) is 10.0 Å². The third kappa shape index (κ3) is 5.83. The SMILES string of the molecule is O=S(=O)(Nc1ccc(F)c(-c2ccc3nc(NC4CCN(c5ccncc5)CC4)ncc3c2)c1F)c1cc(Cl)cc2c1CC[C@H]2O. The first kappa shape index (κ1) is 30.3. The van der Waals surface area contributed by atoms with E-state index in [2.05, 4.69) is 29.9 Å². The molecule has 3 N–H and O–H groups in total. The number of anilines is 3. The van der Waals surface area contributed by atoms with E-state index >= 15 is 8.78 Å². The first-order chi connectivity index (χ1) is 22.2. The Hall–Kier alpha value is -4.39. The van der Waals surface area contributed by atoms with E-state index in [9.17, 15) is 13.5 Å². The summed E-state index contributed by atoms with van der Waals surface area (Å²) in [6, 6.07) is 13.8. The molecule has 3 aromatic carbocycles. The summed E-state index contributed by atoms with van der Waals surface area (Å²) in [6.45, 7) is 1.77. The van der Waals surface area contributed by atoms with Crippen LogP contribution in [0.15, 0.2) is 78.1 Å². The van der Waals surface area contributed by atoms with Gasteiger partial charge in [-0.1, -0.05) is 17.7 Å². The van der Waals surface area contributed by atoms with Crippen LogP contribution in [0.2, 0.25) is 5.02 Å². The van der Waals surface area contributed by atoms with Crippen LogP contribution in [-0.2, 0) is 16.4 Å². The number of piperidine rings is 1. The summed E-state index contributed by atoms with van der Waals surface area (Å²) in [5.74, 6) is -1.46. The molecule has 1 aliphatic heterocycles. The van der Waals surface area contributed by atoms with Gasteiger partial charge in [0.2, 0.25) is 5.95 Å². The quantitative estimate of drug-likeness (QED) is 0.181. The average molecular weight is 663 g/mol. The Balaban J connectivity index is 1.10. The van der Waals surface area contributed by atoms with Crippen molar-refractivity contribution in [3.8, 4) is 11.1 Å². The zero-order valence-corrected chi connectivity index (χ0v) is 26.0. The lowest BCUT2D eigenvalue weighted by atomic mass is 10.0. The lowest BCUT2D eigenvalue weighted by Gasteiger charge is -2.33. The van der Waals surface area contributed by atoms with E-state index in [1.165, 1.54) is 18.2 Å². The van der Waals surface area contributed by atoms with E-state index in [0.717, 1.165) is 43.8 Å². The number of aliphatic hydroxyl groups excluding tert-OH is 1. The summed E-state index contributed by atoms with van der Waals surface area (Å²) < 4.78 is 60.0. The van der Waals surface area contributed by atoms with Crippen LogP contribution in [0, 0.1) is 11.6 Å². The Morgan fingerprint density at radius 3 is 2.54 bits per heavy atom. The molecule has 2 aliphatic rings. The number of benzene rings is 3. The van der Waals surface area contributed by atoms with Crippen LogP contribution in [0.25, 0.3) is 22.0 Å². The highest BCUT2D eigenvalue weighted by Gasteiger charge is 2.30. The summed E-state index contributed by atoms with van der Waals surface area (Å²) in [7, 11) is -4.33. The molecule has 1 fully saturated rings. The van der Waals surface area contributed by atoms with Crippen molar-refractivity contribution >= 4 is 49.9 Å². The van der Waals surface area contributed by atoms with E-state index in [-0.39, 0.29) is 21.5 Å². The van der Waals surface area contributed by atoms with E-state index in [1.54, 1.807) is 30.7 Å². The Labute approximate surface area is 269 Å². The fraction of sp³-hybridized carbons (Fsp3) is 0.242. The predicted molar refractivity (Wildman–Crippen MR) is 174 cm³/mol. The maximum Gasteiger partial charge on any atom is 0.262 e. The van der Waals surface area contributed by atoms with Crippen LogP contribution >= 0.6 is 11.6 Å². The number of rotatable bonds is 7. The molecule has 0 amide bonds. The fourth-order valence-corrected chi connectivity index (χ4v) is 7.92. The predicted octanol–water partition coefficient (Wildman–Crippen LogP) is 6.48. The number of aliphatic hydroxyl groups is 1. The molecule has 0 radical (unpaired) electrons. The van der Waals surface area contributed by atoms with Crippen molar-refractivity contribution in [3.05, 3.63) is 101 Å². The zero-order valence-electron chi connectivity index (χ0n) is 24.4. The molecule has 1 atom stereocenters. The highest BCUT2D eigenvalue weighted by Crippen LogP contribution is 2.39. The number of fused-ring (bicyclic) bond motifs is 2. The number of nitrogens with zero attached hydrogens (tertiary/aromatic N) is 4. The molecule has 9 nitrogen and oxygen atoms in total. The highest BCUT2D eigenvalue weighted by molar-refractivity contribution is 7.92. The van der Waals surface area contributed by atoms with Crippen molar-refractivity contribution in [3.63, 3.8) is 0 Å². The van der Waals surface area contributed by atoms with Gasteiger partial charge < -0.3 is 15.3 Å². The Bertz CT molecular complexity index is 2060. The zero-order chi connectivity index (χ0) is 32.0. The van der Waals surface area contributed by atoms with Crippen molar-refractivity contribution in [1.82, 2.24) is 15.0 Å². The van der Waals surface area contributed by atoms with Crippen LogP contribution in [0.5, 0.6) is 0 Å². The number of sulfonamides is 1. The van der Waals surface area contributed by atoms with Crippen LogP contribution in [0.4, 0.5) is 26.1 Å². The van der Waals surface area contributed by atoms with Gasteiger partial charge in [-0.2, -0.15) is 0 Å². The van der Waals surface area contributed by atoms with Crippen molar-refractivity contribution < 1.29 is 22.3 Å². The number of aromatic nitrogens is 3.